The Kier molecular flexibility index (Phi) is 3.91. The summed E-state index contributed by atoms with van der Waals surface area (Å²) in [6, 6.07) is 11.4. The molecule has 3 rings (SSSR count). The molecule has 0 saturated carbocycles. The lowest BCUT2D eigenvalue weighted by molar-refractivity contribution is -0.123. The lowest BCUT2D eigenvalue weighted by Crippen LogP contribution is -2.51. The van der Waals surface area contributed by atoms with Crippen molar-refractivity contribution in [3.63, 3.8) is 0 Å². The third kappa shape index (κ3) is 2.86. The van der Waals surface area contributed by atoms with E-state index in [1.165, 1.54) is 6.08 Å². The number of benzene rings is 1. The van der Waals surface area contributed by atoms with Gasteiger partial charge in [-0.05, 0) is 48.6 Å². The first-order valence-electron chi connectivity index (χ1n) is 6.36. The second-order valence-electron chi connectivity index (χ2n) is 4.58. The Morgan fingerprint density at radius 2 is 1.82 bits per heavy atom. The van der Waals surface area contributed by atoms with Crippen molar-refractivity contribution in [3.05, 3.63) is 58.3 Å². The highest BCUT2D eigenvalue weighted by atomic mass is 79.9. The van der Waals surface area contributed by atoms with Gasteiger partial charge in [-0.2, -0.15) is 0 Å². The van der Waals surface area contributed by atoms with E-state index >= 15 is 0 Å². The summed E-state index contributed by atoms with van der Waals surface area (Å²) in [6.07, 6.45) is 3.39. The zero-order valence-corrected chi connectivity index (χ0v) is 13.6. The molecule has 2 N–H and O–H groups in total. The molecule has 5 nitrogen and oxygen atoms in total. The minimum Gasteiger partial charge on any atom is -0.317 e. The Morgan fingerprint density at radius 1 is 1.09 bits per heavy atom. The summed E-state index contributed by atoms with van der Waals surface area (Å²) >= 11 is 8.20. The van der Waals surface area contributed by atoms with Gasteiger partial charge in [0.05, 0.1) is 0 Å². The molecule has 0 aliphatic carbocycles. The number of hydrogen-bond acceptors (Lipinski definition) is 3. The largest absolute Gasteiger partial charge is 0.317 e. The maximum Gasteiger partial charge on any atom is 0.263 e. The van der Waals surface area contributed by atoms with Crippen LogP contribution in [0.4, 0.5) is 0 Å². The van der Waals surface area contributed by atoms with Crippen LogP contribution < -0.4 is 10.6 Å². The number of hydrogen-bond donors (Lipinski definition) is 2. The minimum atomic E-state index is -0.504. The Labute approximate surface area is 140 Å². The maximum absolute atomic E-state index is 11.9. The molecule has 2 amide bonds. The summed E-state index contributed by atoms with van der Waals surface area (Å²) in [4.78, 5) is 23.8. The van der Waals surface area contributed by atoms with E-state index in [2.05, 4.69) is 26.6 Å². The van der Waals surface area contributed by atoms with E-state index in [1.54, 1.807) is 0 Å². The van der Waals surface area contributed by atoms with E-state index in [-0.39, 0.29) is 10.7 Å². The van der Waals surface area contributed by atoms with Gasteiger partial charge in [-0.3, -0.25) is 20.2 Å². The number of halogens is 1. The Morgan fingerprint density at radius 3 is 2.50 bits per heavy atom. The van der Waals surface area contributed by atoms with Gasteiger partial charge < -0.3 is 4.57 Å². The monoisotopic (exact) mass is 375 g/mol. The van der Waals surface area contributed by atoms with Crippen LogP contribution in [0.3, 0.4) is 0 Å². The molecule has 110 valence electrons. The highest BCUT2D eigenvalue weighted by molar-refractivity contribution is 9.10. The molecule has 0 radical (unpaired) electrons. The predicted octanol–water partition coefficient (Wildman–Crippen LogP) is 2.15. The molecule has 0 bridgehead atoms. The van der Waals surface area contributed by atoms with Crippen molar-refractivity contribution in [1.29, 1.82) is 0 Å². The molecule has 2 aromatic rings. The molecule has 1 saturated heterocycles. The predicted molar refractivity (Wildman–Crippen MR) is 90.3 cm³/mol. The van der Waals surface area contributed by atoms with Gasteiger partial charge in [-0.1, -0.05) is 22.0 Å². The fourth-order valence-electron chi connectivity index (χ4n) is 2.13. The summed E-state index contributed by atoms with van der Waals surface area (Å²) in [6.45, 7) is 0. The van der Waals surface area contributed by atoms with Crippen LogP contribution in [-0.2, 0) is 9.59 Å². The average molecular weight is 376 g/mol. The van der Waals surface area contributed by atoms with E-state index < -0.39 is 11.8 Å². The smallest absolute Gasteiger partial charge is 0.263 e. The summed E-state index contributed by atoms with van der Waals surface area (Å²) in [7, 11) is 0. The molecule has 7 heteroatoms. The number of rotatable bonds is 2. The van der Waals surface area contributed by atoms with Crippen molar-refractivity contribution < 1.29 is 9.59 Å². The summed E-state index contributed by atoms with van der Waals surface area (Å²) < 4.78 is 2.82. The van der Waals surface area contributed by atoms with Crippen LogP contribution in [0.2, 0.25) is 0 Å². The van der Waals surface area contributed by atoms with Crippen molar-refractivity contribution in [2.75, 3.05) is 0 Å². The molecular formula is C15H10BrN3O2S. The first-order chi connectivity index (χ1) is 10.5. The van der Waals surface area contributed by atoms with E-state index in [9.17, 15) is 9.59 Å². The van der Waals surface area contributed by atoms with Crippen molar-refractivity contribution in [1.82, 2.24) is 15.2 Å². The first-order valence-corrected chi connectivity index (χ1v) is 7.56. The molecule has 1 aliphatic rings. The molecule has 1 aromatic heterocycles. The van der Waals surface area contributed by atoms with Crippen molar-refractivity contribution in [2.24, 2.45) is 0 Å². The molecule has 0 atom stereocenters. The standard InChI is InChI=1S/C15H10BrN3O2S/c16-9-3-1-4-10(7-9)19-6-2-5-11(19)8-12-13(20)17-15(22)18-14(12)21/h1-8H,(H2,17,18,20,21,22). The highest BCUT2D eigenvalue weighted by Gasteiger charge is 2.26. The second-order valence-corrected chi connectivity index (χ2v) is 5.90. The van der Waals surface area contributed by atoms with Crippen LogP contribution >= 0.6 is 28.1 Å². The number of nitrogens with zero attached hydrogens (tertiary/aromatic N) is 1. The SMILES string of the molecule is O=C1NC(=S)NC(=O)C1=Cc1cccn1-c1cccc(Br)c1. The number of amides is 2. The quantitative estimate of drug-likeness (QED) is 0.480. The van der Waals surface area contributed by atoms with Gasteiger partial charge in [0.25, 0.3) is 11.8 Å². The number of carbonyl (C=O) groups is 2. The number of thiocarbonyl (C=S) groups is 1. The third-order valence-corrected chi connectivity index (χ3v) is 3.80. The first kappa shape index (κ1) is 14.7. The van der Waals surface area contributed by atoms with Crippen LogP contribution in [0, 0.1) is 0 Å². The van der Waals surface area contributed by atoms with E-state index in [0.29, 0.717) is 5.69 Å². The van der Waals surface area contributed by atoms with Gasteiger partial charge in [0.2, 0.25) is 0 Å². The molecule has 1 aromatic carbocycles. The van der Waals surface area contributed by atoms with E-state index in [0.717, 1.165) is 10.2 Å². The van der Waals surface area contributed by atoms with Crippen LogP contribution in [0.15, 0.2) is 52.6 Å². The lowest BCUT2D eigenvalue weighted by Gasteiger charge is -2.16. The Bertz CT molecular complexity index is 804. The molecule has 1 aliphatic heterocycles. The van der Waals surface area contributed by atoms with Gasteiger partial charge in [-0.25, -0.2) is 0 Å². The van der Waals surface area contributed by atoms with Crippen molar-refractivity contribution in [3.8, 4) is 5.69 Å². The van der Waals surface area contributed by atoms with Crippen LogP contribution in [0.1, 0.15) is 5.69 Å². The molecule has 2 heterocycles. The van der Waals surface area contributed by atoms with Crippen molar-refractivity contribution in [2.45, 2.75) is 0 Å². The zero-order valence-electron chi connectivity index (χ0n) is 11.2. The van der Waals surface area contributed by atoms with E-state index in [4.69, 9.17) is 12.2 Å². The zero-order chi connectivity index (χ0) is 15.7. The maximum atomic E-state index is 11.9. The molecule has 0 unspecified atom stereocenters. The summed E-state index contributed by atoms with van der Waals surface area (Å²) in [5.74, 6) is -1.01. The molecule has 1 fully saturated rings. The fourth-order valence-corrected chi connectivity index (χ4v) is 2.70. The van der Waals surface area contributed by atoms with Crippen LogP contribution in [0.5, 0.6) is 0 Å². The summed E-state index contributed by atoms with van der Waals surface area (Å²) in [5.41, 5.74) is 1.65. The molecule has 22 heavy (non-hydrogen) atoms. The highest BCUT2D eigenvalue weighted by Crippen LogP contribution is 2.19. The third-order valence-electron chi connectivity index (χ3n) is 3.10. The number of nitrogens with one attached hydrogen (secondary N) is 2. The van der Waals surface area contributed by atoms with Gasteiger partial charge >= 0.3 is 0 Å². The van der Waals surface area contributed by atoms with Gasteiger partial charge in [0, 0.05) is 22.1 Å². The van der Waals surface area contributed by atoms with Gasteiger partial charge in [-0.15, -0.1) is 0 Å². The van der Waals surface area contributed by atoms with Crippen LogP contribution in [-0.4, -0.2) is 21.5 Å². The summed E-state index contributed by atoms with van der Waals surface area (Å²) in [5, 5.41) is 4.85. The average Bonchev–Trinajstić information content (AvgIpc) is 2.91. The van der Waals surface area contributed by atoms with Crippen molar-refractivity contribution >= 4 is 51.2 Å². The normalized spacial score (nSPS) is 14.6. The number of carbonyl (C=O) groups excluding carboxylic acids is 2. The van der Waals surface area contributed by atoms with Gasteiger partial charge in [0.1, 0.15) is 5.57 Å². The fraction of sp³-hybridized carbons (Fsp3) is 0. The van der Waals surface area contributed by atoms with Gasteiger partial charge in [0.15, 0.2) is 5.11 Å². The second kappa shape index (κ2) is 5.86. The van der Waals surface area contributed by atoms with E-state index in [1.807, 2.05) is 47.2 Å². The molecular weight excluding hydrogens is 366 g/mol. The molecule has 0 spiro atoms. The lowest BCUT2D eigenvalue weighted by atomic mass is 10.1. The topological polar surface area (TPSA) is 63.1 Å². The Balaban J connectivity index is 2.02. The minimum absolute atomic E-state index is 0.0172. The number of aromatic nitrogens is 1. The van der Waals surface area contributed by atoms with Crippen LogP contribution in [0.25, 0.3) is 11.8 Å². The Hall–Kier alpha value is -2.25.